The zero-order valence-electron chi connectivity index (χ0n) is 20.1. The van der Waals surface area contributed by atoms with Gasteiger partial charge in [0.1, 0.15) is 17.2 Å². The van der Waals surface area contributed by atoms with Crippen LogP contribution in [0.1, 0.15) is 75.3 Å². The molecule has 0 unspecified atom stereocenters. The number of aryl methyl sites for hydroxylation is 1. The molecule has 0 aliphatic heterocycles. The Balaban J connectivity index is 0.00000129. The second-order valence-electron chi connectivity index (χ2n) is 9.43. The minimum absolute atomic E-state index is 0.0784. The number of aliphatic hydroxyl groups is 1. The molecule has 2 aromatic rings. The van der Waals surface area contributed by atoms with E-state index in [1.807, 2.05) is 20.8 Å². The second-order valence-corrected chi connectivity index (χ2v) is 9.57. The normalized spacial score (nSPS) is 19.9. The molecular weight excluding hydrogens is 464 g/mol. The predicted molar refractivity (Wildman–Crippen MR) is 125 cm³/mol. The minimum Gasteiger partial charge on any atom is -0.388 e. The molecule has 1 heterocycles. The molecule has 0 radical (unpaired) electrons. The van der Waals surface area contributed by atoms with Crippen molar-refractivity contribution in [2.75, 3.05) is 6.54 Å². The molecule has 34 heavy (non-hydrogen) atoms. The zero-order chi connectivity index (χ0) is 25.5. The molecule has 1 amide bonds. The first-order valence-corrected chi connectivity index (χ1v) is 12.2. The molecular formula is C24H33F2N3O4S. The maximum absolute atomic E-state index is 14.8. The van der Waals surface area contributed by atoms with Gasteiger partial charge >= 0.3 is 11.6 Å². The van der Waals surface area contributed by atoms with E-state index in [0.29, 0.717) is 43.0 Å². The fourth-order valence-corrected chi connectivity index (χ4v) is 4.22. The van der Waals surface area contributed by atoms with Gasteiger partial charge in [-0.25, -0.2) is 13.8 Å². The van der Waals surface area contributed by atoms with Gasteiger partial charge in [-0.2, -0.15) is 8.42 Å². The molecule has 1 aromatic heterocycles. The third kappa shape index (κ3) is 7.27. The highest BCUT2D eigenvalue weighted by molar-refractivity contribution is 7.51. The van der Waals surface area contributed by atoms with Crippen molar-refractivity contribution in [2.45, 2.75) is 71.8 Å². The monoisotopic (exact) mass is 497 g/mol. The van der Waals surface area contributed by atoms with Gasteiger partial charge in [0.15, 0.2) is 11.6 Å². The summed E-state index contributed by atoms with van der Waals surface area (Å²) in [5.74, 6) is -0.569. The van der Waals surface area contributed by atoms with Gasteiger partial charge in [0, 0.05) is 19.2 Å². The summed E-state index contributed by atoms with van der Waals surface area (Å²) in [7, 11) is 0. The lowest BCUT2D eigenvalue weighted by Gasteiger charge is -2.34. The summed E-state index contributed by atoms with van der Waals surface area (Å²) in [6, 6.07) is 2.69. The maximum atomic E-state index is 14.8. The van der Waals surface area contributed by atoms with E-state index in [4.69, 9.17) is 8.42 Å². The Kier molecular flexibility index (Phi) is 10.1. The highest BCUT2D eigenvalue weighted by Crippen LogP contribution is 2.31. The molecule has 1 saturated carbocycles. The number of halogens is 2. The van der Waals surface area contributed by atoms with Gasteiger partial charge in [-0.3, -0.25) is 9.36 Å². The van der Waals surface area contributed by atoms with Crippen molar-refractivity contribution in [3.05, 3.63) is 47.0 Å². The van der Waals surface area contributed by atoms with E-state index >= 15 is 0 Å². The number of hydrogen-bond acceptors (Lipinski definition) is 5. The minimum atomic E-state index is -0.914. The molecule has 1 fully saturated rings. The van der Waals surface area contributed by atoms with Gasteiger partial charge in [0.05, 0.1) is 5.60 Å². The number of imidazole rings is 1. The zero-order valence-corrected chi connectivity index (χ0v) is 20.9. The number of nitrogens with zero attached hydrogens (tertiary/aromatic N) is 2. The topological polar surface area (TPSA) is 101 Å². The highest BCUT2D eigenvalue weighted by atomic mass is 32.1. The van der Waals surface area contributed by atoms with Crippen molar-refractivity contribution in [1.29, 1.82) is 0 Å². The van der Waals surface area contributed by atoms with Crippen LogP contribution >= 0.6 is 0 Å². The predicted octanol–water partition coefficient (Wildman–Crippen LogP) is 3.91. The summed E-state index contributed by atoms with van der Waals surface area (Å²) in [4.78, 5) is 17.0. The Bertz CT molecular complexity index is 1000. The molecule has 0 spiro atoms. The molecule has 188 valence electrons. The molecule has 1 aromatic carbocycles. The average molecular weight is 498 g/mol. The van der Waals surface area contributed by atoms with Gasteiger partial charge in [-0.05, 0) is 61.6 Å². The molecule has 0 saturated heterocycles. The summed E-state index contributed by atoms with van der Waals surface area (Å²) in [5, 5.41) is 13.4. The first kappa shape index (κ1) is 27.8. The van der Waals surface area contributed by atoms with E-state index in [-0.39, 0.29) is 23.8 Å². The molecule has 0 atom stereocenters. The number of benzene rings is 1. The van der Waals surface area contributed by atoms with E-state index in [0.717, 1.165) is 12.8 Å². The second kappa shape index (κ2) is 12.3. The van der Waals surface area contributed by atoms with Crippen LogP contribution in [0, 0.1) is 23.5 Å². The van der Waals surface area contributed by atoms with Crippen molar-refractivity contribution in [3.8, 4) is 5.69 Å². The molecule has 0 bridgehead atoms. The Morgan fingerprint density at radius 3 is 2.32 bits per heavy atom. The molecule has 7 nitrogen and oxygen atoms in total. The van der Waals surface area contributed by atoms with E-state index in [1.165, 1.54) is 22.9 Å². The largest absolute Gasteiger partial charge is 0.388 e. The molecule has 10 heteroatoms. The Labute approximate surface area is 202 Å². The SMILES string of the molecule is CCc1nc(C(=O)NCC2(O)CCC(C)CC2)cn1-c1c(F)cc(CC(C)C)cc1F.O=S=O. The van der Waals surface area contributed by atoms with Crippen molar-refractivity contribution >= 4 is 17.5 Å². The number of amides is 1. The van der Waals surface area contributed by atoms with Crippen molar-refractivity contribution in [1.82, 2.24) is 14.9 Å². The number of aromatic nitrogens is 2. The Morgan fingerprint density at radius 2 is 1.82 bits per heavy atom. The van der Waals surface area contributed by atoms with Crippen LogP contribution < -0.4 is 5.32 Å². The lowest BCUT2D eigenvalue weighted by Crippen LogP contribution is -2.45. The van der Waals surface area contributed by atoms with Gasteiger partial charge in [0.2, 0.25) is 0 Å². The number of nitrogens with one attached hydrogen (secondary N) is 1. The van der Waals surface area contributed by atoms with Gasteiger partial charge in [0.25, 0.3) is 5.91 Å². The van der Waals surface area contributed by atoms with Crippen LogP contribution in [0.3, 0.4) is 0 Å². The number of carbonyl (C=O) groups excluding carboxylic acids is 1. The number of carbonyl (C=O) groups is 1. The van der Waals surface area contributed by atoms with Gasteiger partial charge in [-0.1, -0.05) is 27.7 Å². The third-order valence-corrected chi connectivity index (χ3v) is 6.07. The molecule has 3 rings (SSSR count). The lowest BCUT2D eigenvalue weighted by molar-refractivity contribution is -0.00543. The van der Waals surface area contributed by atoms with Gasteiger partial charge < -0.3 is 10.4 Å². The quantitative estimate of drug-likeness (QED) is 0.604. The summed E-state index contributed by atoms with van der Waals surface area (Å²) < 4.78 is 47.5. The van der Waals surface area contributed by atoms with E-state index < -0.39 is 34.7 Å². The van der Waals surface area contributed by atoms with Crippen LogP contribution in [0.15, 0.2) is 18.3 Å². The summed E-state index contributed by atoms with van der Waals surface area (Å²) in [6.45, 7) is 8.09. The third-order valence-electron chi connectivity index (χ3n) is 6.07. The van der Waals surface area contributed by atoms with Crippen molar-refractivity contribution in [2.24, 2.45) is 11.8 Å². The van der Waals surface area contributed by atoms with Crippen LogP contribution in [0.5, 0.6) is 0 Å². The Morgan fingerprint density at radius 1 is 1.26 bits per heavy atom. The lowest BCUT2D eigenvalue weighted by atomic mass is 9.79. The molecule has 1 aliphatic carbocycles. The van der Waals surface area contributed by atoms with Crippen LogP contribution in [-0.2, 0) is 24.4 Å². The van der Waals surface area contributed by atoms with Gasteiger partial charge in [-0.15, -0.1) is 0 Å². The fourth-order valence-electron chi connectivity index (χ4n) is 4.22. The highest BCUT2D eigenvalue weighted by Gasteiger charge is 2.32. The van der Waals surface area contributed by atoms with E-state index in [1.54, 1.807) is 0 Å². The smallest absolute Gasteiger partial charge is 0.335 e. The average Bonchev–Trinajstić information content (AvgIpc) is 3.18. The van der Waals surface area contributed by atoms with Crippen LogP contribution in [-0.4, -0.2) is 41.1 Å². The summed E-state index contributed by atoms with van der Waals surface area (Å²) >= 11 is -0.750. The summed E-state index contributed by atoms with van der Waals surface area (Å²) in [5.41, 5.74) is -0.464. The first-order chi connectivity index (χ1) is 16.0. The fraction of sp³-hybridized carbons (Fsp3) is 0.583. The molecule has 1 aliphatic rings. The summed E-state index contributed by atoms with van der Waals surface area (Å²) in [6.07, 6.45) is 5.48. The number of rotatable bonds is 7. The van der Waals surface area contributed by atoms with Crippen LogP contribution in [0.25, 0.3) is 5.69 Å². The van der Waals surface area contributed by atoms with Crippen molar-refractivity contribution < 1.29 is 27.1 Å². The van der Waals surface area contributed by atoms with E-state index in [9.17, 15) is 18.7 Å². The van der Waals surface area contributed by atoms with Crippen molar-refractivity contribution in [3.63, 3.8) is 0 Å². The van der Waals surface area contributed by atoms with E-state index in [2.05, 4.69) is 17.2 Å². The Hall–Kier alpha value is -2.46. The number of hydrogen-bond donors (Lipinski definition) is 2. The first-order valence-electron chi connectivity index (χ1n) is 11.5. The maximum Gasteiger partial charge on any atom is 0.335 e. The molecule has 2 N–H and O–H groups in total. The standard InChI is InChI=1S/C24H33F2N3O2.O2S/c1-5-21-28-20(23(30)27-14-24(31)8-6-16(4)7-9-24)13-29(21)22-18(25)11-17(10-15(2)3)12-19(22)26;1-3-2/h11-13,15-16,31H,5-10,14H2,1-4H3,(H,27,30);. The van der Waals surface area contributed by atoms with Crippen LogP contribution in [0.2, 0.25) is 0 Å². The van der Waals surface area contributed by atoms with Crippen LogP contribution in [0.4, 0.5) is 8.78 Å².